The molecule has 7 nitrogen and oxygen atoms in total. The molecule has 4 aromatic rings. The van der Waals surface area contributed by atoms with Gasteiger partial charge < -0.3 is 10.2 Å². The van der Waals surface area contributed by atoms with Crippen LogP contribution in [0.4, 0.5) is 5.13 Å². The molecular weight excluding hydrogens is 587 g/mol. The third-order valence-electron chi connectivity index (χ3n) is 9.73. The molecule has 0 amide bonds. The number of nitrogens with zero attached hydrogens (tertiary/aromatic N) is 5. The van der Waals surface area contributed by atoms with Crippen molar-refractivity contribution >= 4 is 33.2 Å². The molecule has 6 rings (SSSR count). The highest BCUT2D eigenvalue weighted by Crippen LogP contribution is 2.28. The van der Waals surface area contributed by atoms with Gasteiger partial charge in [-0.3, -0.25) is 10.00 Å². The van der Waals surface area contributed by atoms with E-state index < -0.39 is 0 Å². The summed E-state index contributed by atoms with van der Waals surface area (Å²) in [4.78, 5) is 15.3. The van der Waals surface area contributed by atoms with Crippen molar-refractivity contribution in [3.8, 4) is 0 Å². The fraction of sp³-hybridized carbons (Fsp3) is 0.447. The number of allylic oxidation sites excluding steroid dienone is 1. The topological polar surface area (TPSA) is 73.0 Å². The predicted molar refractivity (Wildman–Crippen MR) is 193 cm³/mol. The number of nitrogens with one attached hydrogen (secondary N) is 2. The Bertz CT molecular complexity index is 1660. The minimum atomic E-state index is 0.712. The Morgan fingerprint density at radius 3 is 2.70 bits per heavy atom. The summed E-state index contributed by atoms with van der Waals surface area (Å²) in [6, 6.07) is 11.7. The number of fused-ring (bicyclic) bond motifs is 1. The van der Waals surface area contributed by atoms with Crippen molar-refractivity contribution in [3.63, 3.8) is 0 Å². The average Bonchev–Trinajstić information content (AvgIpc) is 3.76. The molecule has 46 heavy (non-hydrogen) atoms. The van der Waals surface area contributed by atoms with Crippen molar-refractivity contribution in [1.82, 2.24) is 30.0 Å². The van der Waals surface area contributed by atoms with E-state index in [2.05, 4.69) is 105 Å². The van der Waals surface area contributed by atoms with Crippen molar-refractivity contribution in [3.05, 3.63) is 100 Å². The lowest BCUT2D eigenvalue weighted by Crippen LogP contribution is -2.34. The van der Waals surface area contributed by atoms with Crippen LogP contribution in [0.1, 0.15) is 71.5 Å². The standard InChI is InChI=1S/C38H49N7S/c1-26(9-7-23-44(5)34-19-20-34)45-24-8-11-31(25-45)10-6-12-35-36-33(21-22-39-37(36)43-42-35)18-15-30-13-16-32(17-14-30)28(3)41-38-40-27(2)29(4)46-38/h7,9,13-14,16-17,21-22,31,34H,1,3,6,8,10-12,15,18-20,23-25H2,2,4-5H3,(H,40,41)(H,39,42,43)/b9-7+/t31-/m1/s1. The maximum Gasteiger partial charge on any atom is 0.187 e. The lowest BCUT2D eigenvalue weighted by Gasteiger charge is -2.35. The molecule has 1 atom stereocenters. The number of aromatic amines is 1. The van der Waals surface area contributed by atoms with Crippen LogP contribution >= 0.6 is 11.3 Å². The summed E-state index contributed by atoms with van der Waals surface area (Å²) in [7, 11) is 2.23. The lowest BCUT2D eigenvalue weighted by molar-refractivity contribution is 0.212. The van der Waals surface area contributed by atoms with E-state index in [0.29, 0.717) is 5.92 Å². The van der Waals surface area contributed by atoms with Crippen LogP contribution < -0.4 is 5.32 Å². The second-order valence-corrected chi connectivity index (χ2v) is 14.4. The SMILES string of the molecule is C=C(Nc1nc(C)c(C)s1)c1ccc(CCc2ccnc3n[nH]c(CCC[C@@H]4CCCN(C(=C)/C=C/CN(C)C5CC5)C4)c23)cc1. The Labute approximate surface area is 278 Å². The third-order valence-corrected chi connectivity index (χ3v) is 10.7. The summed E-state index contributed by atoms with van der Waals surface area (Å²) in [5, 5.41) is 13.4. The van der Waals surface area contributed by atoms with Gasteiger partial charge in [-0.2, -0.15) is 5.10 Å². The van der Waals surface area contributed by atoms with Gasteiger partial charge in [0.15, 0.2) is 10.8 Å². The van der Waals surface area contributed by atoms with Gasteiger partial charge in [0, 0.05) is 59.2 Å². The van der Waals surface area contributed by atoms with Crippen LogP contribution in [0, 0.1) is 19.8 Å². The van der Waals surface area contributed by atoms with Crippen LogP contribution in [0.2, 0.25) is 0 Å². The van der Waals surface area contributed by atoms with Crippen LogP contribution in [-0.4, -0.2) is 62.7 Å². The first-order valence-corrected chi connectivity index (χ1v) is 17.8. The summed E-state index contributed by atoms with van der Waals surface area (Å²) in [5.41, 5.74) is 8.86. The van der Waals surface area contributed by atoms with Crippen molar-refractivity contribution in [2.24, 2.45) is 5.92 Å². The van der Waals surface area contributed by atoms with Crippen LogP contribution in [0.5, 0.6) is 0 Å². The number of aryl methyl sites for hydroxylation is 5. The Morgan fingerprint density at radius 2 is 1.93 bits per heavy atom. The largest absolute Gasteiger partial charge is 0.372 e. The first kappa shape index (κ1) is 32.2. The summed E-state index contributed by atoms with van der Waals surface area (Å²) < 4.78 is 0. The third kappa shape index (κ3) is 8.15. The molecule has 242 valence electrons. The van der Waals surface area contributed by atoms with Gasteiger partial charge in [0.25, 0.3) is 0 Å². The Morgan fingerprint density at radius 1 is 1.11 bits per heavy atom. The van der Waals surface area contributed by atoms with E-state index in [1.165, 1.54) is 64.9 Å². The van der Waals surface area contributed by atoms with E-state index in [0.717, 1.165) is 79.1 Å². The number of thiazole rings is 1. The Balaban J connectivity index is 0.997. The monoisotopic (exact) mass is 635 g/mol. The average molecular weight is 636 g/mol. The van der Waals surface area contributed by atoms with Crippen molar-refractivity contribution in [1.29, 1.82) is 0 Å². The number of rotatable bonds is 15. The number of hydrogen-bond donors (Lipinski definition) is 2. The fourth-order valence-corrected chi connectivity index (χ4v) is 7.44. The van der Waals surface area contributed by atoms with Gasteiger partial charge in [-0.05, 0) is 113 Å². The molecule has 1 aliphatic heterocycles. The highest BCUT2D eigenvalue weighted by molar-refractivity contribution is 7.15. The lowest BCUT2D eigenvalue weighted by atomic mass is 9.91. The molecule has 2 N–H and O–H groups in total. The summed E-state index contributed by atoms with van der Waals surface area (Å²) >= 11 is 1.66. The molecule has 2 aliphatic rings. The zero-order valence-corrected chi connectivity index (χ0v) is 28.6. The van der Waals surface area contributed by atoms with E-state index in [1.54, 1.807) is 11.3 Å². The number of aromatic nitrogens is 4. The fourth-order valence-electron chi connectivity index (χ4n) is 6.60. The van der Waals surface area contributed by atoms with Gasteiger partial charge in [-0.1, -0.05) is 43.5 Å². The Hall–Kier alpha value is -3.75. The van der Waals surface area contributed by atoms with Crippen molar-refractivity contribution in [2.75, 3.05) is 32.0 Å². The van der Waals surface area contributed by atoms with E-state index in [-0.39, 0.29) is 0 Å². The predicted octanol–water partition coefficient (Wildman–Crippen LogP) is 8.10. The second kappa shape index (κ2) is 14.8. The van der Waals surface area contributed by atoms with Gasteiger partial charge in [-0.25, -0.2) is 9.97 Å². The van der Waals surface area contributed by atoms with Gasteiger partial charge in [0.2, 0.25) is 0 Å². The number of benzene rings is 1. The minimum Gasteiger partial charge on any atom is -0.372 e. The highest BCUT2D eigenvalue weighted by atomic mass is 32.1. The van der Waals surface area contributed by atoms with Gasteiger partial charge in [0.1, 0.15) is 0 Å². The van der Waals surface area contributed by atoms with Crippen LogP contribution in [0.3, 0.4) is 0 Å². The first-order chi connectivity index (χ1) is 22.3. The molecule has 1 aliphatic carbocycles. The maximum atomic E-state index is 4.58. The molecule has 1 saturated heterocycles. The molecule has 1 saturated carbocycles. The summed E-state index contributed by atoms with van der Waals surface area (Å²) in [6.45, 7) is 16.0. The quantitative estimate of drug-likeness (QED) is 0.129. The molecule has 0 bridgehead atoms. The number of anilines is 1. The van der Waals surface area contributed by atoms with E-state index in [1.807, 2.05) is 13.1 Å². The maximum absolute atomic E-state index is 4.58. The number of likely N-dealkylation sites (N-methyl/N-ethyl adjacent to an activating group) is 1. The van der Waals surface area contributed by atoms with E-state index in [9.17, 15) is 0 Å². The van der Waals surface area contributed by atoms with Gasteiger partial charge >= 0.3 is 0 Å². The number of H-pyrrole nitrogens is 1. The van der Waals surface area contributed by atoms with Gasteiger partial charge in [0.05, 0.1) is 5.69 Å². The van der Waals surface area contributed by atoms with Crippen LogP contribution in [0.25, 0.3) is 16.7 Å². The highest BCUT2D eigenvalue weighted by Gasteiger charge is 2.25. The second-order valence-electron chi connectivity index (χ2n) is 13.2. The molecule has 3 aromatic heterocycles. The van der Waals surface area contributed by atoms with Gasteiger partial charge in [-0.15, -0.1) is 11.3 Å². The van der Waals surface area contributed by atoms with Crippen molar-refractivity contribution < 1.29 is 0 Å². The number of likely N-dealkylation sites (tertiary alicyclic amines) is 1. The molecule has 0 spiro atoms. The van der Waals surface area contributed by atoms with E-state index in [4.69, 9.17) is 0 Å². The van der Waals surface area contributed by atoms with E-state index >= 15 is 0 Å². The molecule has 0 unspecified atom stereocenters. The molecule has 1 aromatic carbocycles. The smallest absolute Gasteiger partial charge is 0.187 e. The normalized spacial score (nSPS) is 17.0. The minimum absolute atomic E-state index is 0.712. The molecule has 2 fully saturated rings. The number of hydrogen-bond acceptors (Lipinski definition) is 7. The molecule has 4 heterocycles. The van der Waals surface area contributed by atoms with Crippen molar-refractivity contribution in [2.45, 2.75) is 77.7 Å². The Kier molecular flexibility index (Phi) is 10.3. The summed E-state index contributed by atoms with van der Waals surface area (Å²) in [5.74, 6) is 0.712. The molecule has 0 radical (unpaired) electrons. The zero-order valence-electron chi connectivity index (χ0n) is 27.8. The molecule has 8 heteroatoms. The zero-order chi connectivity index (χ0) is 32.0. The number of piperidine rings is 1. The number of pyridine rings is 1. The molecular formula is C38H49N7S. The van der Waals surface area contributed by atoms with Crippen LogP contribution in [-0.2, 0) is 19.3 Å². The van der Waals surface area contributed by atoms with Crippen LogP contribution in [0.15, 0.2) is 67.5 Å². The first-order valence-electron chi connectivity index (χ1n) is 16.9. The summed E-state index contributed by atoms with van der Waals surface area (Å²) in [6.07, 6.45) is 17.0.